The summed E-state index contributed by atoms with van der Waals surface area (Å²) in [5, 5.41) is 7.53. The van der Waals surface area contributed by atoms with Crippen molar-refractivity contribution in [2.45, 2.75) is 32.4 Å². The Kier molecular flexibility index (Phi) is 6.60. The van der Waals surface area contributed by atoms with Crippen LogP contribution < -0.4 is 10.1 Å². The predicted molar refractivity (Wildman–Crippen MR) is 94.8 cm³/mol. The van der Waals surface area contributed by atoms with Crippen molar-refractivity contribution in [3.63, 3.8) is 0 Å². The normalized spacial score (nSPS) is 18.4. The van der Waals surface area contributed by atoms with E-state index in [1.165, 1.54) is 0 Å². The van der Waals surface area contributed by atoms with Crippen LogP contribution in [0.4, 0.5) is 0 Å². The molecule has 0 amide bonds. The van der Waals surface area contributed by atoms with E-state index >= 15 is 0 Å². The standard InChI is InChI=1S/C17H24N4O2.ClH/c1-12(2)22-14-6-4-5-13(9-14)10-16-19-17(20-23-16)15-11-18-7-8-21(15)3;/h4-6,9,12,15,18H,7-8,10-11H2,1-3H3;1H. The average Bonchev–Trinajstić information content (AvgIpc) is 2.95. The van der Waals surface area contributed by atoms with Crippen molar-refractivity contribution >= 4 is 12.4 Å². The number of piperazine rings is 1. The summed E-state index contributed by atoms with van der Waals surface area (Å²) < 4.78 is 11.2. The molecule has 0 saturated carbocycles. The van der Waals surface area contributed by atoms with Crippen LogP contribution in [0.25, 0.3) is 0 Å². The Morgan fingerprint density at radius 1 is 1.42 bits per heavy atom. The molecule has 0 radical (unpaired) electrons. The van der Waals surface area contributed by atoms with Gasteiger partial charge in [-0.1, -0.05) is 17.3 Å². The molecule has 1 unspecified atom stereocenters. The van der Waals surface area contributed by atoms with Gasteiger partial charge in [-0.3, -0.25) is 4.90 Å². The fraction of sp³-hybridized carbons (Fsp3) is 0.529. The number of benzene rings is 1. The molecule has 3 rings (SSSR count). The highest BCUT2D eigenvalue weighted by atomic mass is 35.5. The Bertz CT molecular complexity index is 647. The smallest absolute Gasteiger partial charge is 0.231 e. The molecule has 0 spiro atoms. The Morgan fingerprint density at radius 2 is 2.25 bits per heavy atom. The van der Waals surface area contributed by atoms with Crippen LogP contribution in [0.15, 0.2) is 28.8 Å². The van der Waals surface area contributed by atoms with E-state index in [4.69, 9.17) is 9.26 Å². The Morgan fingerprint density at radius 3 is 3.00 bits per heavy atom. The van der Waals surface area contributed by atoms with E-state index in [1.54, 1.807) is 0 Å². The summed E-state index contributed by atoms with van der Waals surface area (Å²) in [6.45, 7) is 6.88. The maximum atomic E-state index is 5.73. The van der Waals surface area contributed by atoms with Crippen molar-refractivity contribution in [1.82, 2.24) is 20.4 Å². The van der Waals surface area contributed by atoms with E-state index < -0.39 is 0 Å². The lowest BCUT2D eigenvalue weighted by Crippen LogP contribution is -2.44. The third-order valence-electron chi connectivity index (χ3n) is 3.92. The minimum Gasteiger partial charge on any atom is -0.491 e. The van der Waals surface area contributed by atoms with E-state index in [0.717, 1.165) is 36.8 Å². The van der Waals surface area contributed by atoms with Crippen molar-refractivity contribution in [2.75, 3.05) is 26.7 Å². The minimum absolute atomic E-state index is 0. The van der Waals surface area contributed by atoms with E-state index in [9.17, 15) is 0 Å². The maximum Gasteiger partial charge on any atom is 0.231 e. The van der Waals surface area contributed by atoms with Gasteiger partial charge in [-0.05, 0) is 38.6 Å². The lowest BCUT2D eigenvalue weighted by atomic mass is 10.1. The second-order valence-electron chi connectivity index (χ2n) is 6.24. The van der Waals surface area contributed by atoms with E-state index in [1.807, 2.05) is 38.1 Å². The van der Waals surface area contributed by atoms with Crippen LogP contribution in [0, 0.1) is 0 Å². The molecule has 1 saturated heterocycles. The van der Waals surface area contributed by atoms with Gasteiger partial charge in [0.2, 0.25) is 5.89 Å². The quantitative estimate of drug-likeness (QED) is 0.891. The van der Waals surface area contributed by atoms with Crippen LogP contribution in [-0.4, -0.2) is 47.8 Å². The van der Waals surface area contributed by atoms with Crippen molar-refractivity contribution < 1.29 is 9.26 Å². The number of halogens is 1. The first kappa shape index (κ1) is 18.7. The first-order chi connectivity index (χ1) is 11.1. The van der Waals surface area contributed by atoms with Gasteiger partial charge in [0.05, 0.1) is 18.6 Å². The summed E-state index contributed by atoms with van der Waals surface area (Å²) in [6.07, 6.45) is 0.779. The van der Waals surface area contributed by atoms with Gasteiger partial charge < -0.3 is 14.6 Å². The van der Waals surface area contributed by atoms with Gasteiger partial charge >= 0.3 is 0 Å². The number of rotatable bonds is 5. The summed E-state index contributed by atoms with van der Waals surface area (Å²) in [4.78, 5) is 6.82. The minimum atomic E-state index is 0. The van der Waals surface area contributed by atoms with Crippen LogP contribution in [0.1, 0.15) is 37.2 Å². The zero-order chi connectivity index (χ0) is 16.2. The Balaban J connectivity index is 0.00000208. The summed E-state index contributed by atoms with van der Waals surface area (Å²) in [7, 11) is 2.09. The van der Waals surface area contributed by atoms with Crippen LogP contribution >= 0.6 is 12.4 Å². The van der Waals surface area contributed by atoms with Gasteiger partial charge in [0.15, 0.2) is 5.82 Å². The van der Waals surface area contributed by atoms with Crippen LogP contribution in [0.5, 0.6) is 5.75 Å². The number of nitrogens with zero attached hydrogens (tertiary/aromatic N) is 3. The molecule has 1 aliphatic heterocycles. The number of ether oxygens (including phenoxy) is 1. The van der Waals surface area contributed by atoms with Crippen LogP contribution in [-0.2, 0) is 6.42 Å². The molecular weight excluding hydrogens is 328 g/mol. The SMILES string of the molecule is CC(C)Oc1cccc(Cc2nc(C3CNCCN3C)no2)c1.Cl. The molecule has 24 heavy (non-hydrogen) atoms. The molecule has 1 aromatic carbocycles. The molecule has 0 aliphatic carbocycles. The molecule has 1 aliphatic rings. The highest BCUT2D eigenvalue weighted by molar-refractivity contribution is 5.85. The van der Waals surface area contributed by atoms with Gasteiger partial charge in [0.1, 0.15) is 5.75 Å². The lowest BCUT2D eigenvalue weighted by Gasteiger charge is -2.30. The molecule has 7 heteroatoms. The predicted octanol–water partition coefficient (Wildman–Crippen LogP) is 2.45. The third-order valence-corrected chi connectivity index (χ3v) is 3.92. The summed E-state index contributed by atoms with van der Waals surface area (Å²) in [5.74, 6) is 2.26. The van der Waals surface area contributed by atoms with E-state index in [-0.39, 0.29) is 24.6 Å². The highest BCUT2D eigenvalue weighted by Gasteiger charge is 2.25. The molecule has 2 heterocycles. The highest BCUT2D eigenvalue weighted by Crippen LogP contribution is 2.20. The molecular formula is C17H25ClN4O2. The zero-order valence-corrected chi connectivity index (χ0v) is 15.2. The molecule has 6 nitrogen and oxygen atoms in total. The van der Waals surface area contributed by atoms with Crippen molar-refractivity contribution in [3.05, 3.63) is 41.5 Å². The summed E-state index contributed by atoms with van der Waals surface area (Å²) in [6, 6.07) is 8.20. The first-order valence-corrected chi connectivity index (χ1v) is 8.11. The molecule has 1 fully saturated rings. The lowest BCUT2D eigenvalue weighted by molar-refractivity contribution is 0.190. The van der Waals surface area contributed by atoms with Gasteiger partial charge in [-0.2, -0.15) is 4.98 Å². The maximum absolute atomic E-state index is 5.73. The molecule has 1 atom stereocenters. The summed E-state index contributed by atoms with van der Waals surface area (Å²) >= 11 is 0. The molecule has 0 bridgehead atoms. The number of hydrogen-bond acceptors (Lipinski definition) is 6. The molecule has 132 valence electrons. The van der Waals surface area contributed by atoms with Crippen molar-refractivity contribution in [2.24, 2.45) is 0 Å². The van der Waals surface area contributed by atoms with E-state index in [0.29, 0.717) is 12.3 Å². The molecule has 1 N–H and O–H groups in total. The second-order valence-corrected chi connectivity index (χ2v) is 6.24. The summed E-state index contributed by atoms with van der Waals surface area (Å²) in [5.41, 5.74) is 1.11. The first-order valence-electron chi connectivity index (χ1n) is 8.11. The van der Waals surface area contributed by atoms with Gasteiger partial charge in [-0.15, -0.1) is 12.4 Å². The largest absolute Gasteiger partial charge is 0.491 e. The fourth-order valence-corrected chi connectivity index (χ4v) is 2.75. The Hall–Kier alpha value is -1.63. The molecule has 2 aromatic rings. The topological polar surface area (TPSA) is 63.4 Å². The Labute approximate surface area is 149 Å². The van der Waals surface area contributed by atoms with Crippen molar-refractivity contribution in [1.29, 1.82) is 0 Å². The van der Waals surface area contributed by atoms with Crippen LogP contribution in [0.3, 0.4) is 0 Å². The number of nitrogens with one attached hydrogen (secondary N) is 1. The number of hydrogen-bond donors (Lipinski definition) is 1. The average molecular weight is 353 g/mol. The number of likely N-dealkylation sites (N-methyl/N-ethyl adjacent to an activating group) is 1. The second kappa shape index (κ2) is 8.46. The van der Waals surface area contributed by atoms with Gasteiger partial charge in [-0.25, -0.2) is 0 Å². The van der Waals surface area contributed by atoms with E-state index in [2.05, 4.69) is 27.4 Å². The molecule has 1 aromatic heterocycles. The zero-order valence-electron chi connectivity index (χ0n) is 14.4. The van der Waals surface area contributed by atoms with Crippen LogP contribution in [0.2, 0.25) is 0 Å². The number of aromatic nitrogens is 2. The third kappa shape index (κ3) is 4.69. The monoisotopic (exact) mass is 352 g/mol. The van der Waals surface area contributed by atoms with Crippen molar-refractivity contribution in [3.8, 4) is 5.75 Å². The van der Waals surface area contributed by atoms with Gasteiger partial charge in [0, 0.05) is 19.6 Å². The fourth-order valence-electron chi connectivity index (χ4n) is 2.75. The van der Waals surface area contributed by atoms with Gasteiger partial charge in [0.25, 0.3) is 0 Å².